The number of thioether (sulfide) groups is 1. The number of aryl methyl sites for hydroxylation is 2. The molecular weight excluding hydrogens is 324 g/mol. The van der Waals surface area contributed by atoms with Crippen LogP contribution in [0.2, 0.25) is 0 Å². The van der Waals surface area contributed by atoms with E-state index in [1.165, 1.54) is 11.8 Å². The van der Waals surface area contributed by atoms with Gasteiger partial charge in [0, 0.05) is 16.8 Å². The zero-order valence-corrected chi connectivity index (χ0v) is 15.9. The number of hydrogen-bond donors (Lipinski definition) is 0. The Kier molecular flexibility index (Phi) is 4.11. The fourth-order valence-corrected chi connectivity index (χ4v) is 2.98. The van der Waals surface area contributed by atoms with Gasteiger partial charge in [-0.1, -0.05) is 37.7 Å². The highest BCUT2D eigenvalue weighted by atomic mass is 32.2. The molecule has 128 valence electrons. The fraction of sp³-hybridized carbons (Fsp3) is 0.562. The van der Waals surface area contributed by atoms with E-state index in [9.17, 15) is 0 Å². The molecule has 0 aliphatic carbocycles. The van der Waals surface area contributed by atoms with E-state index in [-0.39, 0.29) is 10.7 Å². The quantitative estimate of drug-likeness (QED) is 0.670. The standard InChI is InChI=1S/C16H22N6OS/c1-8-9(2)17-14-19-15(20-22(14)10(8)3)24-11(4)12-18-13(21-23-12)16(5,6)7/h11H,1-7H3. The summed E-state index contributed by atoms with van der Waals surface area (Å²) in [6, 6.07) is 0. The van der Waals surface area contributed by atoms with E-state index in [0.29, 0.717) is 22.6 Å². The van der Waals surface area contributed by atoms with E-state index in [2.05, 4.69) is 46.0 Å². The predicted molar refractivity (Wildman–Crippen MR) is 92.3 cm³/mol. The number of fused-ring (bicyclic) bond motifs is 1. The van der Waals surface area contributed by atoms with E-state index >= 15 is 0 Å². The molecule has 1 atom stereocenters. The van der Waals surface area contributed by atoms with Gasteiger partial charge in [0.25, 0.3) is 5.78 Å². The van der Waals surface area contributed by atoms with E-state index in [1.807, 2.05) is 27.7 Å². The van der Waals surface area contributed by atoms with E-state index in [4.69, 9.17) is 4.52 Å². The van der Waals surface area contributed by atoms with Crippen molar-refractivity contribution in [2.24, 2.45) is 0 Å². The Morgan fingerprint density at radius 3 is 2.42 bits per heavy atom. The molecule has 0 aromatic carbocycles. The van der Waals surface area contributed by atoms with Crippen LogP contribution in [0.4, 0.5) is 0 Å². The van der Waals surface area contributed by atoms with Gasteiger partial charge in [0.05, 0.1) is 5.25 Å². The minimum absolute atomic E-state index is 0.0338. The lowest BCUT2D eigenvalue weighted by Gasteiger charge is -2.11. The molecule has 7 nitrogen and oxygen atoms in total. The summed E-state index contributed by atoms with van der Waals surface area (Å²) in [4.78, 5) is 13.5. The number of hydrogen-bond acceptors (Lipinski definition) is 7. The van der Waals surface area contributed by atoms with Gasteiger partial charge in [-0.25, -0.2) is 9.50 Å². The second kappa shape index (κ2) is 5.84. The van der Waals surface area contributed by atoms with Gasteiger partial charge in [0.2, 0.25) is 11.0 Å². The Bertz CT molecular complexity index is 892. The molecule has 8 heteroatoms. The lowest BCUT2D eigenvalue weighted by atomic mass is 9.96. The third kappa shape index (κ3) is 3.02. The van der Waals surface area contributed by atoms with Crippen molar-refractivity contribution in [2.75, 3.05) is 0 Å². The van der Waals surface area contributed by atoms with Gasteiger partial charge in [-0.05, 0) is 33.3 Å². The van der Waals surface area contributed by atoms with Crippen molar-refractivity contribution in [3.8, 4) is 0 Å². The molecule has 3 aromatic rings. The molecule has 0 saturated heterocycles. The number of nitrogens with zero attached hydrogens (tertiary/aromatic N) is 6. The van der Waals surface area contributed by atoms with Crippen LogP contribution < -0.4 is 0 Å². The largest absolute Gasteiger partial charge is 0.338 e. The Morgan fingerprint density at radius 1 is 1.08 bits per heavy atom. The van der Waals surface area contributed by atoms with Crippen LogP contribution in [0.5, 0.6) is 0 Å². The summed E-state index contributed by atoms with van der Waals surface area (Å²) < 4.78 is 7.18. The molecular formula is C16H22N6OS. The molecule has 1 unspecified atom stereocenters. The summed E-state index contributed by atoms with van der Waals surface area (Å²) in [7, 11) is 0. The van der Waals surface area contributed by atoms with Gasteiger partial charge in [-0.2, -0.15) is 9.97 Å². The van der Waals surface area contributed by atoms with Gasteiger partial charge >= 0.3 is 0 Å². The maximum absolute atomic E-state index is 5.40. The van der Waals surface area contributed by atoms with Crippen molar-refractivity contribution in [3.63, 3.8) is 0 Å². The van der Waals surface area contributed by atoms with Crippen molar-refractivity contribution >= 4 is 17.5 Å². The molecule has 0 N–H and O–H groups in total. The van der Waals surface area contributed by atoms with Crippen LogP contribution in [-0.4, -0.2) is 29.7 Å². The van der Waals surface area contributed by atoms with Crippen molar-refractivity contribution in [2.45, 2.75) is 64.3 Å². The summed E-state index contributed by atoms with van der Waals surface area (Å²) in [5, 5.41) is 9.24. The molecule has 0 amide bonds. The minimum Gasteiger partial charge on any atom is -0.338 e. The Labute approximate surface area is 145 Å². The first-order valence-corrected chi connectivity index (χ1v) is 8.76. The molecule has 0 fully saturated rings. The smallest absolute Gasteiger partial charge is 0.253 e. The van der Waals surface area contributed by atoms with E-state index in [1.54, 1.807) is 4.52 Å². The second-order valence-corrected chi connectivity index (χ2v) is 8.29. The lowest BCUT2D eigenvalue weighted by Crippen LogP contribution is -2.13. The Balaban J connectivity index is 1.87. The van der Waals surface area contributed by atoms with Crippen molar-refractivity contribution in [1.82, 2.24) is 29.7 Å². The van der Waals surface area contributed by atoms with E-state index < -0.39 is 0 Å². The van der Waals surface area contributed by atoms with Crippen molar-refractivity contribution in [3.05, 3.63) is 28.7 Å². The normalized spacial score (nSPS) is 13.6. The zero-order valence-electron chi connectivity index (χ0n) is 15.1. The molecule has 0 radical (unpaired) electrons. The van der Waals surface area contributed by atoms with Crippen LogP contribution in [0.1, 0.15) is 61.6 Å². The van der Waals surface area contributed by atoms with Crippen LogP contribution >= 0.6 is 11.8 Å². The monoisotopic (exact) mass is 346 g/mol. The van der Waals surface area contributed by atoms with Gasteiger partial charge in [-0.15, -0.1) is 5.10 Å². The molecule has 0 saturated carbocycles. The highest BCUT2D eigenvalue weighted by Crippen LogP contribution is 2.33. The molecule has 0 bridgehead atoms. The summed E-state index contributed by atoms with van der Waals surface area (Å²) >= 11 is 1.49. The molecule has 3 rings (SSSR count). The first-order chi connectivity index (χ1) is 11.2. The summed E-state index contributed by atoms with van der Waals surface area (Å²) in [6.07, 6.45) is 0. The lowest BCUT2D eigenvalue weighted by molar-refractivity contribution is 0.364. The summed E-state index contributed by atoms with van der Waals surface area (Å²) in [5.74, 6) is 1.91. The van der Waals surface area contributed by atoms with Crippen LogP contribution in [0.15, 0.2) is 9.68 Å². The third-order valence-electron chi connectivity index (χ3n) is 3.98. The first kappa shape index (κ1) is 16.9. The van der Waals surface area contributed by atoms with Crippen LogP contribution in [-0.2, 0) is 5.41 Å². The van der Waals surface area contributed by atoms with E-state index in [0.717, 1.165) is 17.0 Å². The SMILES string of the molecule is Cc1nc2nc(SC(C)c3nc(C(C)(C)C)no3)nn2c(C)c1C. The number of rotatable bonds is 3. The molecule has 0 aliphatic rings. The van der Waals surface area contributed by atoms with Crippen LogP contribution in [0.25, 0.3) is 5.78 Å². The van der Waals surface area contributed by atoms with Crippen molar-refractivity contribution < 1.29 is 4.52 Å². The van der Waals surface area contributed by atoms with Gasteiger partial charge in [-0.3, -0.25) is 0 Å². The molecule has 3 aromatic heterocycles. The third-order valence-corrected chi connectivity index (χ3v) is 4.92. The fourth-order valence-electron chi connectivity index (χ4n) is 2.20. The topological polar surface area (TPSA) is 82.0 Å². The Morgan fingerprint density at radius 2 is 1.79 bits per heavy atom. The van der Waals surface area contributed by atoms with Crippen LogP contribution in [0, 0.1) is 20.8 Å². The maximum Gasteiger partial charge on any atom is 0.253 e. The molecule has 3 heterocycles. The predicted octanol–water partition coefficient (Wildman–Crippen LogP) is 3.58. The average molecular weight is 346 g/mol. The maximum atomic E-state index is 5.40. The average Bonchev–Trinajstić information content (AvgIpc) is 3.11. The highest BCUT2D eigenvalue weighted by molar-refractivity contribution is 7.99. The van der Waals surface area contributed by atoms with Gasteiger partial charge in [0.15, 0.2) is 5.82 Å². The molecule has 0 spiro atoms. The second-order valence-electron chi connectivity index (χ2n) is 6.98. The van der Waals surface area contributed by atoms with Crippen LogP contribution in [0.3, 0.4) is 0 Å². The van der Waals surface area contributed by atoms with Gasteiger partial charge in [0.1, 0.15) is 0 Å². The highest BCUT2D eigenvalue weighted by Gasteiger charge is 2.24. The first-order valence-electron chi connectivity index (χ1n) is 7.88. The molecule has 24 heavy (non-hydrogen) atoms. The van der Waals surface area contributed by atoms with Crippen molar-refractivity contribution in [1.29, 1.82) is 0 Å². The Hall–Kier alpha value is -1.96. The number of aromatic nitrogens is 6. The van der Waals surface area contributed by atoms with Gasteiger partial charge < -0.3 is 4.52 Å². The summed E-state index contributed by atoms with van der Waals surface area (Å²) in [6.45, 7) is 14.2. The summed E-state index contributed by atoms with van der Waals surface area (Å²) in [5.41, 5.74) is 3.02. The molecule has 0 aliphatic heterocycles. The zero-order chi connectivity index (χ0) is 17.6. The minimum atomic E-state index is -0.135.